The summed E-state index contributed by atoms with van der Waals surface area (Å²) in [7, 11) is -4.07. The van der Waals surface area contributed by atoms with Crippen LogP contribution in [0.3, 0.4) is 0 Å². The predicted molar refractivity (Wildman–Crippen MR) is 140 cm³/mol. The van der Waals surface area contributed by atoms with E-state index in [4.69, 9.17) is 16.3 Å². The summed E-state index contributed by atoms with van der Waals surface area (Å²) in [6.07, 6.45) is 5.21. The number of nitrogens with zero attached hydrogens (tertiary/aromatic N) is 4. The molecule has 1 atom stereocenters. The van der Waals surface area contributed by atoms with Gasteiger partial charge in [-0.15, -0.1) is 0 Å². The van der Waals surface area contributed by atoms with Crippen LogP contribution in [0.25, 0.3) is 10.9 Å². The van der Waals surface area contributed by atoms with E-state index in [1.165, 1.54) is 12.3 Å². The van der Waals surface area contributed by atoms with Gasteiger partial charge in [0.2, 0.25) is 9.84 Å². The molecular weight excluding hydrogens is 515 g/mol. The van der Waals surface area contributed by atoms with Crippen LogP contribution in [-0.2, 0) is 14.6 Å². The first-order valence-electron chi connectivity index (χ1n) is 12.5. The van der Waals surface area contributed by atoms with E-state index in [1.54, 1.807) is 18.2 Å². The van der Waals surface area contributed by atoms with Gasteiger partial charge in [-0.2, -0.15) is 5.26 Å². The Hall–Kier alpha value is -2.77. The highest BCUT2D eigenvalue weighted by Gasteiger charge is 2.32. The van der Waals surface area contributed by atoms with Crippen molar-refractivity contribution < 1.29 is 17.5 Å². The monoisotopic (exact) mass is 542 g/mol. The molecule has 0 unspecified atom stereocenters. The third-order valence-electron chi connectivity index (χ3n) is 7.22. The number of rotatable bonds is 6. The Morgan fingerprint density at radius 1 is 1.14 bits per heavy atom. The summed E-state index contributed by atoms with van der Waals surface area (Å²) in [6.45, 7) is 4.86. The van der Waals surface area contributed by atoms with Crippen molar-refractivity contribution in [1.29, 1.82) is 5.26 Å². The maximum atomic E-state index is 13.9. The minimum absolute atomic E-state index is 0.0608. The third kappa shape index (κ3) is 5.30. The minimum Gasteiger partial charge on any atom is -0.379 e. The fraction of sp³-hybridized carbons (Fsp3) is 0.407. The smallest absolute Gasteiger partial charge is 0.210 e. The van der Waals surface area contributed by atoms with E-state index in [2.05, 4.69) is 20.9 Å². The number of nitriles is 1. The Bertz CT molecular complexity index is 1450. The molecule has 194 valence electrons. The van der Waals surface area contributed by atoms with Gasteiger partial charge < -0.3 is 9.64 Å². The summed E-state index contributed by atoms with van der Waals surface area (Å²) in [6, 6.07) is 10.9. The van der Waals surface area contributed by atoms with Crippen LogP contribution in [0.15, 0.2) is 52.4 Å². The van der Waals surface area contributed by atoms with Crippen molar-refractivity contribution in [3.8, 4) is 6.07 Å². The van der Waals surface area contributed by atoms with E-state index in [1.807, 2.05) is 0 Å². The molecule has 5 rings (SSSR count). The standard InChI is InChI=1S/C27H28ClFN4O3S/c28-23-16-21(5-7-24(23)29)37(34,35)26-18-31-25-15-19(17-30)4-6-22(25)27(26)33-9-2-1-3-20(33)8-10-32-11-13-36-14-12-32/h4-7,15-16,18,20H,1-3,8-14H2/t20-/m0/s1. The number of morpholine rings is 1. The highest BCUT2D eigenvalue weighted by Crippen LogP contribution is 2.40. The molecule has 7 nitrogen and oxygen atoms in total. The molecule has 0 bridgehead atoms. The number of ether oxygens (including phenoxy) is 1. The van der Waals surface area contributed by atoms with Gasteiger partial charge in [-0.1, -0.05) is 11.6 Å². The summed E-state index contributed by atoms with van der Waals surface area (Å²) in [5, 5.41) is 9.81. The number of aromatic nitrogens is 1. The van der Waals surface area contributed by atoms with Gasteiger partial charge in [0.25, 0.3) is 0 Å². The average molecular weight is 543 g/mol. The number of pyridine rings is 1. The molecule has 10 heteroatoms. The lowest BCUT2D eigenvalue weighted by molar-refractivity contribution is 0.0362. The summed E-state index contributed by atoms with van der Waals surface area (Å²) in [5.41, 5.74) is 1.60. The van der Waals surface area contributed by atoms with Crippen LogP contribution in [0.4, 0.5) is 10.1 Å². The van der Waals surface area contributed by atoms with Crippen LogP contribution in [0, 0.1) is 17.1 Å². The van der Waals surface area contributed by atoms with E-state index < -0.39 is 15.7 Å². The van der Waals surface area contributed by atoms with Crippen LogP contribution in [0.5, 0.6) is 0 Å². The molecule has 37 heavy (non-hydrogen) atoms. The summed E-state index contributed by atoms with van der Waals surface area (Å²) < 4.78 is 47.2. The SMILES string of the molecule is N#Cc1ccc2c(N3CCCC[C@H]3CCN3CCOCC3)c(S(=O)(=O)c3ccc(F)c(Cl)c3)cnc2c1. The number of piperidine rings is 1. The van der Waals surface area contributed by atoms with Crippen molar-refractivity contribution in [1.82, 2.24) is 9.88 Å². The zero-order valence-corrected chi connectivity index (χ0v) is 21.9. The van der Waals surface area contributed by atoms with Crippen LogP contribution in [0.1, 0.15) is 31.2 Å². The minimum atomic E-state index is -4.07. The van der Waals surface area contributed by atoms with Gasteiger partial charge in [-0.3, -0.25) is 9.88 Å². The lowest BCUT2D eigenvalue weighted by Crippen LogP contribution is -2.44. The number of anilines is 1. The van der Waals surface area contributed by atoms with Crippen LogP contribution in [-0.4, -0.2) is 63.7 Å². The predicted octanol–water partition coefficient (Wildman–Crippen LogP) is 4.81. The van der Waals surface area contributed by atoms with Crippen molar-refractivity contribution in [2.24, 2.45) is 0 Å². The fourth-order valence-corrected chi connectivity index (χ4v) is 6.94. The Kier molecular flexibility index (Phi) is 7.63. The highest BCUT2D eigenvalue weighted by molar-refractivity contribution is 7.91. The Morgan fingerprint density at radius 2 is 1.95 bits per heavy atom. The molecule has 0 amide bonds. The quantitative estimate of drug-likeness (QED) is 0.413. The number of halogens is 2. The van der Waals surface area contributed by atoms with Crippen LogP contribution >= 0.6 is 11.6 Å². The maximum Gasteiger partial charge on any atom is 0.210 e. The molecule has 0 aliphatic carbocycles. The molecule has 2 aliphatic heterocycles. The van der Waals surface area contributed by atoms with E-state index in [0.717, 1.165) is 70.7 Å². The molecule has 0 radical (unpaired) electrons. The maximum absolute atomic E-state index is 13.9. The van der Waals surface area contributed by atoms with Crippen molar-refractivity contribution >= 4 is 38.0 Å². The number of hydrogen-bond acceptors (Lipinski definition) is 7. The van der Waals surface area contributed by atoms with Crippen LogP contribution < -0.4 is 4.90 Å². The molecule has 3 aromatic rings. The van der Waals surface area contributed by atoms with Crippen molar-refractivity contribution in [2.75, 3.05) is 44.3 Å². The van der Waals surface area contributed by atoms with Gasteiger partial charge in [0.15, 0.2) is 0 Å². The molecule has 0 spiro atoms. The average Bonchev–Trinajstić information content (AvgIpc) is 2.93. The molecule has 0 N–H and O–H groups in total. The van der Waals surface area contributed by atoms with Gasteiger partial charge in [-0.05, 0) is 62.1 Å². The Balaban J connectivity index is 1.61. The summed E-state index contributed by atoms with van der Waals surface area (Å²) in [5.74, 6) is -0.680. The highest BCUT2D eigenvalue weighted by atomic mass is 35.5. The molecule has 2 saturated heterocycles. The molecule has 3 heterocycles. The first-order valence-corrected chi connectivity index (χ1v) is 14.3. The lowest BCUT2D eigenvalue weighted by atomic mass is 9.97. The van der Waals surface area contributed by atoms with Gasteiger partial charge in [0.05, 0.1) is 46.0 Å². The third-order valence-corrected chi connectivity index (χ3v) is 9.27. The number of fused-ring (bicyclic) bond motifs is 1. The van der Waals surface area contributed by atoms with Gasteiger partial charge in [-0.25, -0.2) is 12.8 Å². The number of sulfone groups is 1. The largest absolute Gasteiger partial charge is 0.379 e. The Labute approximate surface area is 221 Å². The second-order valence-electron chi connectivity index (χ2n) is 9.48. The van der Waals surface area contributed by atoms with Gasteiger partial charge in [0.1, 0.15) is 10.7 Å². The topological polar surface area (TPSA) is 86.5 Å². The summed E-state index contributed by atoms with van der Waals surface area (Å²) >= 11 is 5.95. The molecule has 0 saturated carbocycles. The molecule has 1 aromatic heterocycles. The van der Waals surface area contributed by atoms with E-state index in [9.17, 15) is 18.1 Å². The molecule has 2 fully saturated rings. The number of hydrogen-bond donors (Lipinski definition) is 0. The molecule has 2 aromatic carbocycles. The Morgan fingerprint density at radius 3 is 2.70 bits per heavy atom. The second-order valence-corrected chi connectivity index (χ2v) is 11.8. The zero-order chi connectivity index (χ0) is 26.0. The van der Waals surface area contributed by atoms with Crippen molar-refractivity contribution in [3.05, 3.63) is 59.0 Å². The summed E-state index contributed by atoms with van der Waals surface area (Å²) in [4.78, 5) is 9.00. The first kappa shape index (κ1) is 25.9. The number of benzene rings is 2. The van der Waals surface area contributed by atoms with Crippen molar-refractivity contribution in [3.63, 3.8) is 0 Å². The molecule has 2 aliphatic rings. The lowest BCUT2D eigenvalue weighted by Gasteiger charge is -2.40. The molecular formula is C27H28ClFN4O3S. The van der Waals surface area contributed by atoms with Gasteiger partial charge in [0, 0.05) is 43.8 Å². The fourth-order valence-electron chi connectivity index (χ4n) is 5.25. The first-order chi connectivity index (χ1) is 17.9. The van der Waals surface area contributed by atoms with Crippen LogP contribution in [0.2, 0.25) is 5.02 Å². The normalized spacial score (nSPS) is 19.2. The zero-order valence-electron chi connectivity index (χ0n) is 20.4. The van der Waals surface area contributed by atoms with E-state index >= 15 is 0 Å². The van der Waals surface area contributed by atoms with Gasteiger partial charge >= 0.3 is 0 Å². The van der Waals surface area contributed by atoms with E-state index in [0.29, 0.717) is 28.7 Å². The second kappa shape index (κ2) is 10.9. The van der Waals surface area contributed by atoms with E-state index in [-0.39, 0.29) is 20.9 Å². The van der Waals surface area contributed by atoms with Crippen molar-refractivity contribution in [2.45, 2.75) is 41.5 Å².